The Morgan fingerprint density at radius 3 is 2.56 bits per heavy atom. The fourth-order valence-corrected chi connectivity index (χ4v) is 3.87. The number of β-lactam (4-membered cyclic amide) rings is 1. The molecule has 1 fully saturated rings. The first kappa shape index (κ1) is 24.8. The van der Waals surface area contributed by atoms with Gasteiger partial charge < -0.3 is 25.9 Å². The Morgan fingerprint density at radius 1 is 1.28 bits per heavy atom. The lowest BCUT2D eigenvalue weighted by atomic mass is 10.0. The topological polar surface area (TPSA) is 151 Å². The Kier molecular flexibility index (Phi) is 6.97. The number of aliphatic carboxylic acids is 1. The second-order valence-corrected chi connectivity index (χ2v) is 9.50. The van der Waals surface area contributed by atoms with Crippen LogP contribution in [0.25, 0.3) is 0 Å². The third kappa shape index (κ3) is 5.49. The predicted molar refractivity (Wildman–Crippen MR) is 132 cm³/mol. The van der Waals surface area contributed by atoms with Crippen LogP contribution in [0.2, 0.25) is 0 Å². The number of hydrogen-bond acceptors (Lipinski definition) is 8. The van der Waals surface area contributed by atoms with E-state index in [0.29, 0.717) is 6.54 Å². The number of nitrogen functional groups attached to an aromatic ring is 1. The van der Waals surface area contributed by atoms with Crippen LogP contribution < -0.4 is 20.5 Å². The van der Waals surface area contributed by atoms with Gasteiger partial charge in [-0.2, -0.15) is 0 Å². The molecule has 0 spiro atoms. The Bertz CT molecular complexity index is 1310. The van der Waals surface area contributed by atoms with Crippen LogP contribution in [0.1, 0.15) is 25.1 Å². The van der Waals surface area contributed by atoms with Gasteiger partial charge in [0.15, 0.2) is 29.8 Å². The third-order valence-electron chi connectivity index (χ3n) is 5.48. The average molecular weight is 510 g/mol. The zero-order valence-corrected chi connectivity index (χ0v) is 20.4. The Balaban J connectivity index is 1.41. The zero-order valence-electron chi connectivity index (χ0n) is 19.6. The highest BCUT2D eigenvalue weighted by atomic mass is 32.1. The average Bonchev–Trinajstić information content (AvgIpc) is 3.28. The number of carbonyl (C=O) groups excluding carboxylic acids is 2. The molecule has 0 bridgehead atoms. The largest absolute Gasteiger partial charge is 0.478 e. The van der Waals surface area contributed by atoms with Crippen molar-refractivity contribution in [3.63, 3.8) is 0 Å². The summed E-state index contributed by atoms with van der Waals surface area (Å²) in [5, 5.41) is 17.3. The van der Waals surface area contributed by atoms with E-state index in [1.54, 1.807) is 4.90 Å². The van der Waals surface area contributed by atoms with Crippen LogP contribution in [-0.2, 0) is 25.8 Å². The molecule has 3 aromatic rings. The number of pyridine rings is 1. The van der Waals surface area contributed by atoms with Gasteiger partial charge in [0.2, 0.25) is 5.60 Å². The van der Waals surface area contributed by atoms with Crippen molar-refractivity contribution in [1.29, 1.82) is 0 Å². The molecule has 1 saturated heterocycles. The number of benzene rings is 1. The molecule has 11 nitrogen and oxygen atoms in total. The molecule has 4 N–H and O–H groups in total. The van der Waals surface area contributed by atoms with Crippen molar-refractivity contribution in [2.75, 3.05) is 17.2 Å². The van der Waals surface area contributed by atoms with Gasteiger partial charge in [-0.25, -0.2) is 14.3 Å². The molecule has 0 saturated carbocycles. The maximum Gasteiger partial charge on any atom is 0.350 e. The molecule has 2 amide bonds. The van der Waals surface area contributed by atoms with Gasteiger partial charge in [-0.3, -0.25) is 9.59 Å². The fraction of sp³-hybridized carbons (Fsp3) is 0.250. The summed E-state index contributed by atoms with van der Waals surface area (Å²) in [5.41, 5.74) is 5.64. The summed E-state index contributed by atoms with van der Waals surface area (Å²) >= 11 is 1.09. The number of aromatic nitrogens is 2. The van der Waals surface area contributed by atoms with Crippen LogP contribution >= 0.6 is 11.3 Å². The van der Waals surface area contributed by atoms with Gasteiger partial charge in [0, 0.05) is 28.8 Å². The van der Waals surface area contributed by atoms with Crippen molar-refractivity contribution >= 4 is 45.7 Å². The molecule has 186 valence electrons. The summed E-state index contributed by atoms with van der Waals surface area (Å²) < 4.78 is 2.05. The summed E-state index contributed by atoms with van der Waals surface area (Å²) in [7, 11) is 0. The summed E-state index contributed by atoms with van der Waals surface area (Å²) in [5.74, 6) is -2.27. The third-order valence-corrected chi connectivity index (χ3v) is 6.16. The highest BCUT2D eigenvalue weighted by Crippen LogP contribution is 2.23. The molecular formula is C24H25N6O5S+. The fourth-order valence-electron chi connectivity index (χ4n) is 3.32. The molecule has 2 aromatic heterocycles. The lowest BCUT2D eigenvalue weighted by Gasteiger charge is -2.38. The number of nitrogens with zero attached hydrogens (tertiary/aromatic N) is 4. The summed E-state index contributed by atoms with van der Waals surface area (Å²) in [6.07, 6.45) is 3.96. The number of anilines is 2. The Labute approximate surface area is 210 Å². The standard InChI is InChI=1S/C24H24N6O5S/c1-24(2,22(33)34)35-28-19(18-14-36-23(25)27-18)20(31)26-17-13-30(21(17)32)16-8-6-15(7-9-16)12-29-10-4-3-5-11-29/h3-11,14,17H,12-13H2,1-2H3,(H3-,25,26,27,31,33,34)/p+1. The molecule has 4 rings (SSSR count). The van der Waals surface area contributed by atoms with Gasteiger partial charge in [0.1, 0.15) is 11.7 Å². The maximum absolute atomic E-state index is 12.9. The first-order valence-electron chi connectivity index (χ1n) is 11.0. The highest BCUT2D eigenvalue weighted by Gasteiger charge is 2.40. The maximum atomic E-state index is 12.9. The van der Waals surface area contributed by atoms with E-state index in [9.17, 15) is 19.5 Å². The van der Waals surface area contributed by atoms with E-state index >= 15 is 0 Å². The molecule has 1 aromatic carbocycles. The van der Waals surface area contributed by atoms with Crippen LogP contribution in [0.3, 0.4) is 0 Å². The van der Waals surface area contributed by atoms with E-state index in [1.165, 1.54) is 19.2 Å². The zero-order chi connectivity index (χ0) is 25.9. The second-order valence-electron chi connectivity index (χ2n) is 8.61. The molecule has 1 aliphatic rings. The number of thiazole rings is 1. The predicted octanol–water partition coefficient (Wildman–Crippen LogP) is 1.18. The van der Waals surface area contributed by atoms with Crippen molar-refractivity contribution in [1.82, 2.24) is 10.3 Å². The van der Waals surface area contributed by atoms with Crippen LogP contribution in [0, 0.1) is 0 Å². The quantitative estimate of drug-likeness (QED) is 0.170. The first-order valence-corrected chi connectivity index (χ1v) is 11.9. The minimum atomic E-state index is -1.68. The molecule has 0 aliphatic carbocycles. The lowest BCUT2D eigenvalue weighted by Crippen LogP contribution is -2.65. The van der Waals surface area contributed by atoms with E-state index < -0.39 is 23.5 Å². The van der Waals surface area contributed by atoms with Crippen LogP contribution in [-0.4, -0.2) is 51.8 Å². The van der Waals surface area contributed by atoms with Gasteiger partial charge in [0.05, 0.1) is 6.54 Å². The number of rotatable bonds is 9. The molecular weight excluding hydrogens is 484 g/mol. The van der Waals surface area contributed by atoms with E-state index in [0.717, 1.165) is 22.6 Å². The highest BCUT2D eigenvalue weighted by molar-refractivity contribution is 7.13. The van der Waals surface area contributed by atoms with Crippen LogP contribution in [0.15, 0.2) is 65.4 Å². The molecule has 1 aliphatic heterocycles. The number of carboxylic acid groups (broad SMARTS) is 1. The van der Waals surface area contributed by atoms with Gasteiger partial charge in [-0.15, -0.1) is 11.3 Å². The van der Waals surface area contributed by atoms with E-state index in [-0.39, 0.29) is 29.0 Å². The summed E-state index contributed by atoms with van der Waals surface area (Å²) in [4.78, 5) is 47.7. The minimum absolute atomic E-state index is 0.117. The number of amides is 2. The lowest BCUT2D eigenvalue weighted by molar-refractivity contribution is -0.688. The summed E-state index contributed by atoms with van der Waals surface area (Å²) in [6.45, 7) is 3.56. The number of carboxylic acids is 1. The van der Waals surface area contributed by atoms with Crippen LogP contribution in [0.4, 0.5) is 10.8 Å². The van der Waals surface area contributed by atoms with Crippen molar-refractivity contribution < 1.29 is 28.9 Å². The van der Waals surface area contributed by atoms with Crippen molar-refractivity contribution in [3.8, 4) is 0 Å². The van der Waals surface area contributed by atoms with Crippen LogP contribution in [0.5, 0.6) is 0 Å². The smallest absolute Gasteiger partial charge is 0.350 e. The molecule has 36 heavy (non-hydrogen) atoms. The first-order chi connectivity index (χ1) is 17.1. The Morgan fingerprint density at radius 2 is 1.97 bits per heavy atom. The summed E-state index contributed by atoms with van der Waals surface area (Å²) in [6, 6.07) is 12.7. The van der Waals surface area contributed by atoms with Gasteiger partial charge >= 0.3 is 5.97 Å². The van der Waals surface area contributed by atoms with E-state index in [2.05, 4.69) is 15.5 Å². The molecule has 1 atom stereocenters. The number of carbonyl (C=O) groups is 3. The SMILES string of the molecule is CC(C)(ON=C(C(=O)NC1CN(c2ccc(C[n+]3ccccc3)cc2)C1=O)c1csc(N)n1)C(=O)O. The minimum Gasteiger partial charge on any atom is -0.478 e. The Hall–Kier alpha value is -4.32. The van der Waals surface area contributed by atoms with Gasteiger partial charge in [-0.05, 0) is 26.0 Å². The van der Waals surface area contributed by atoms with Crippen molar-refractivity contribution in [2.24, 2.45) is 5.16 Å². The number of nitrogens with two attached hydrogens (primary N) is 1. The van der Waals surface area contributed by atoms with Crippen molar-refractivity contribution in [2.45, 2.75) is 32.0 Å². The van der Waals surface area contributed by atoms with E-state index in [1.807, 2.05) is 59.4 Å². The molecule has 12 heteroatoms. The van der Waals surface area contributed by atoms with E-state index in [4.69, 9.17) is 10.6 Å². The molecule has 1 unspecified atom stereocenters. The van der Waals surface area contributed by atoms with Gasteiger partial charge in [-0.1, -0.05) is 23.4 Å². The number of oxime groups is 1. The normalized spacial score (nSPS) is 15.8. The van der Waals surface area contributed by atoms with Gasteiger partial charge in [0.25, 0.3) is 11.8 Å². The second kappa shape index (κ2) is 10.1. The number of nitrogens with one attached hydrogen (secondary N) is 1. The molecule has 0 radical (unpaired) electrons. The van der Waals surface area contributed by atoms with Crippen molar-refractivity contribution in [3.05, 3.63) is 71.5 Å². The number of hydrogen-bond donors (Lipinski definition) is 3. The monoisotopic (exact) mass is 509 g/mol. The molecule has 3 heterocycles.